The van der Waals surface area contributed by atoms with Crippen LogP contribution in [0.25, 0.3) is 22.3 Å². The van der Waals surface area contributed by atoms with Crippen molar-refractivity contribution in [1.29, 1.82) is 0 Å². The van der Waals surface area contributed by atoms with Crippen LogP contribution in [-0.2, 0) is 21.1 Å². The Hall–Kier alpha value is -6.88. The summed E-state index contributed by atoms with van der Waals surface area (Å²) in [6.07, 6.45) is 6.74. The summed E-state index contributed by atoms with van der Waals surface area (Å²) in [4.78, 5) is 68.4. The fourth-order valence-electron chi connectivity index (χ4n) is 10.0. The molecule has 1 unspecified atom stereocenters. The zero-order chi connectivity index (χ0) is 52.1. The first kappa shape index (κ1) is 44.1. The maximum absolute atomic E-state index is 13.7. The molecular formula is C52H55BrN11O6P. The van der Waals surface area contributed by atoms with E-state index in [1.807, 2.05) is 66.7 Å². The predicted octanol–water partition coefficient (Wildman–Crippen LogP) is 7.49. The summed E-state index contributed by atoms with van der Waals surface area (Å²) in [6.45, 7) is 6.53. The molecule has 6 heterocycles. The topological polar surface area (TPSA) is 187 Å². The zero-order valence-corrected chi connectivity index (χ0v) is 42.0. The van der Waals surface area contributed by atoms with E-state index in [0.29, 0.717) is 44.2 Å². The fourth-order valence-corrected chi connectivity index (χ4v) is 11.5. The van der Waals surface area contributed by atoms with E-state index in [-0.39, 0.29) is 29.9 Å². The third-order valence-electron chi connectivity index (χ3n) is 13.8. The normalized spacial score (nSPS) is 18.7. The summed E-state index contributed by atoms with van der Waals surface area (Å²) in [5.74, 6) is -0.423. The SMILES string of the molecule is [2H]C([2H])([2H])n1cc(-c2cc(Nc3ncc(Br)c(Nc4ccc(-c5ccccc5)cc4P(C)(C)=O)n3)c(OC)cc2N2CCC(CN3CCN(c4ccc5c(c4)C(=O)N(C4CCC(=O)NC4=O)C5=O)CC3)CC2)cn1. The molecule has 4 aliphatic rings. The van der Waals surface area contributed by atoms with Gasteiger partial charge in [0.1, 0.15) is 24.8 Å². The lowest BCUT2D eigenvalue weighted by Gasteiger charge is -2.40. The second-order valence-corrected chi connectivity index (χ2v) is 22.8. The number of aromatic nitrogens is 4. The highest BCUT2D eigenvalue weighted by atomic mass is 79.9. The molecule has 1 atom stereocenters. The van der Waals surface area contributed by atoms with E-state index >= 15 is 0 Å². The van der Waals surface area contributed by atoms with E-state index in [1.54, 1.807) is 45.0 Å². The molecule has 6 aromatic rings. The summed E-state index contributed by atoms with van der Waals surface area (Å²) in [5.41, 5.74) is 6.77. The summed E-state index contributed by atoms with van der Waals surface area (Å²) < 4.78 is 45.4. The molecule has 4 aliphatic heterocycles. The molecule has 3 fully saturated rings. The lowest BCUT2D eigenvalue weighted by Crippen LogP contribution is -2.54. The number of nitrogens with one attached hydrogen (secondary N) is 3. The van der Waals surface area contributed by atoms with Crippen molar-refractivity contribution in [2.24, 2.45) is 12.9 Å². The van der Waals surface area contributed by atoms with Crippen molar-refractivity contribution in [3.05, 3.63) is 113 Å². The summed E-state index contributed by atoms with van der Waals surface area (Å²) in [7, 11) is -1.17. The van der Waals surface area contributed by atoms with Crippen molar-refractivity contribution in [3.8, 4) is 28.0 Å². The van der Waals surface area contributed by atoms with E-state index in [4.69, 9.17) is 13.8 Å². The maximum Gasteiger partial charge on any atom is 0.262 e. The van der Waals surface area contributed by atoms with E-state index in [2.05, 4.69) is 56.7 Å². The van der Waals surface area contributed by atoms with Crippen molar-refractivity contribution in [1.82, 2.24) is 34.9 Å². The van der Waals surface area contributed by atoms with Gasteiger partial charge >= 0.3 is 0 Å². The van der Waals surface area contributed by atoms with E-state index in [9.17, 15) is 23.7 Å². The van der Waals surface area contributed by atoms with Gasteiger partial charge in [-0.25, -0.2) is 4.98 Å². The predicted molar refractivity (Wildman–Crippen MR) is 279 cm³/mol. The van der Waals surface area contributed by atoms with Gasteiger partial charge in [-0.1, -0.05) is 36.4 Å². The average molecular weight is 1040 g/mol. The standard InChI is InChI=1S/C52H55BrN11O6P/c1-60-31-35(28-55-60)38-26-42(57-52-54-29-40(53)48(59-52)56-41-13-10-34(24-46(41)71(3,4)69)33-8-6-5-7-9-33)45(70-2)27-44(38)63-18-16-32(17-19-63)30-61-20-22-62(23-21-61)36-11-12-37-39(25-36)51(68)64(50(37)67)43-14-15-47(65)58-49(43)66/h5-13,24-29,31-32,43H,14-23,30H2,1-4H3,(H,58,65,66)(H2,54,56,57,59)/i1D3. The molecule has 0 aliphatic carbocycles. The molecule has 4 amide bonds. The highest BCUT2D eigenvalue weighted by Crippen LogP contribution is 2.43. The maximum atomic E-state index is 13.7. The lowest BCUT2D eigenvalue weighted by molar-refractivity contribution is -0.136. The third kappa shape index (κ3) is 9.93. The van der Waals surface area contributed by atoms with Gasteiger partial charge in [0.05, 0.1) is 40.3 Å². The van der Waals surface area contributed by atoms with Gasteiger partial charge in [-0.15, -0.1) is 0 Å². The summed E-state index contributed by atoms with van der Waals surface area (Å²) in [6, 6.07) is 23.9. The number of rotatable bonds is 13. The van der Waals surface area contributed by atoms with Gasteiger partial charge in [-0.3, -0.25) is 39.0 Å². The van der Waals surface area contributed by atoms with Gasteiger partial charge < -0.3 is 29.7 Å². The van der Waals surface area contributed by atoms with Crippen LogP contribution in [0.4, 0.5) is 34.5 Å². The van der Waals surface area contributed by atoms with Gasteiger partial charge in [0.2, 0.25) is 17.8 Å². The van der Waals surface area contributed by atoms with Crippen LogP contribution in [0, 0.1) is 5.92 Å². The Morgan fingerprint density at radius 1 is 0.803 bits per heavy atom. The number of hydrogen-bond acceptors (Lipinski definition) is 14. The average Bonchev–Trinajstić information content (AvgIpc) is 3.99. The number of benzene rings is 4. The Balaban J connectivity index is 0.821. The Bertz CT molecular complexity index is 3230. The summed E-state index contributed by atoms with van der Waals surface area (Å²) in [5, 5.41) is 13.9. The van der Waals surface area contributed by atoms with Crippen LogP contribution >= 0.6 is 23.1 Å². The molecule has 71 heavy (non-hydrogen) atoms. The van der Waals surface area contributed by atoms with Crippen molar-refractivity contribution in [2.45, 2.75) is 31.7 Å². The monoisotopic (exact) mass is 1040 g/mol. The molecule has 0 bridgehead atoms. The quantitative estimate of drug-likeness (QED) is 0.0763. The van der Waals surface area contributed by atoms with Crippen LogP contribution in [0.15, 0.2) is 102 Å². The summed E-state index contributed by atoms with van der Waals surface area (Å²) >= 11 is 3.60. The van der Waals surface area contributed by atoms with Gasteiger partial charge in [-0.2, -0.15) is 10.1 Å². The second kappa shape index (κ2) is 19.7. The first-order valence-electron chi connectivity index (χ1n) is 25.1. The molecule has 2 aromatic heterocycles. The van der Waals surface area contributed by atoms with Crippen molar-refractivity contribution in [2.75, 3.05) is 86.7 Å². The number of carbonyl (C=O) groups is 4. The third-order valence-corrected chi connectivity index (χ3v) is 15.9. The molecule has 0 spiro atoms. The van der Waals surface area contributed by atoms with Crippen LogP contribution in [-0.4, -0.2) is 125 Å². The molecule has 19 heteroatoms. The van der Waals surface area contributed by atoms with Crippen LogP contribution in [0.3, 0.4) is 0 Å². The van der Waals surface area contributed by atoms with E-state index < -0.39 is 43.8 Å². The first-order valence-corrected chi connectivity index (χ1v) is 27.0. The Morgan fingerprint density at radius 3 is 2.30 bits per heavy atom. The number of fused-ring (bicyclic) bond motifs is 1. The number of piperazine rings is 1. The van der Waals surface area contributed by atoms with E-state index in [1.165, 1.54) is 6.20 Å². The van der Waals surface area contributed by atoms with Crippen LogP contribution in [0.5, 0.6) is 5.75 Å². The molecule has 4 aromatic carbocycles. The number of hydrogen-bond donors (Lipinski definition) is 3. The van der Waals surface area contributed by atoms with Crippen molar-refractivity contribution < 1.29 is 32.6 Å². The minimum Gasteiger partial charge on any atom is -0.494 e. The van der Waals surface area contributed by atoms with Gasteiger partial charge in [0.15, 0.2) is 0 Å². The van der Waals surface area contributed by atoms with Crippen LogP contribution in [0.2, 0.25) is 0 Å². The lowest BCUT2D eigenvalue weighted by atomic mass is 9.94. The molecule has 366 valence electrons. The van der Waals surface area contributed by atoms with Crippen LogP contribution < -0.4 is 35.8 Å². The number of ether oxygens (including phenoxy) is 1. The first-order chi connectivity index (χ1) is 35.4. The minimum absolute atomic E-state index is 0.0655. The number of carbonyl (C=O) groups excluding carboxylic acids is 4. The number of methoxy groups -OCH3 is 1. The number of halogens is 1. The number of amides is 4. The molecular weight excluding hydrogens is 986 g/mol. The molecule has 3 N–H and O–H groups in total. The van der Waals surface area contributed by atoms with Crippen molar-refractivity contribution >= 4 is 86.5 Å². The number of imide groups is 2. The Labute approximate surface area is 424 Å². The Kier molecular flexibility index (Phi) is 12.2. The van der Waals surface area contributed by atoms with Gasteiger partial charge in [0, 0.05) is 110 Å². The zero-order valence-electron chi connectivity index (χ0n) is 42.5. The number of anilines is 6. The highest BCUT2D eigenvalue weighted by molar-refractivity contribution is 9.10. The van der Waals surface area contributed by atoms with E-state index in [0.717, 1.165) is 96.3 Å². The number of nitrogens with zero attached hydrogens (tertiary/aromatic N) is 8. The molecule has 0 saturated carbocycles. The molecule has 10 rings (SSSR count). The molecule has 3 saturated heterocycles. The molecule has 17 nitrogen and oxygen atoms in total. The van der Waals surface area contributed by atoms with Gasteiger partial charge in [-0.05, 0) is 102 Å². The molecule has 0 radical (unpaired) electrons. The minimum atomic E-state index is -2.76. The number of aryl methyl sites for hydroxylation is 1. The largest absolute Gasteiger partial charge is 0.494 e. The highest BCUT2D eigenvalue weighted by Gasteiger charge is 2.45. The smallest absolute Gasteiger partial charge is 0.262 e. The van der Waals surface area contributed by atoms with Crippen molar-refractivity contribution in [3.63, 3.8) is 0 Å². The van der Waals surface area contributed by atoms with Crippen LogP contribution in [0.1, 0.15) is 50.5 Å². The second-order valence-electron chi connectivity index (χ2n) is 18.7. The fraction of sp³-hybridized carbons (Fsp3) is 0.327. The Morgan fingerprint density at radius 2 is 1.58 bits per heavy atom. The van der Waals surface area contributed by atoms with Gasteiger partial charge in [0.25, 0.3) is 11.8 Å². The number of piperidine rings is 2.